The molecule has 5 heteroatoms. The Morgan fingerprint density at radius 3 is 2.74 bits per heavy atom. The van der Waals surface area contributed by atoms with Crippen LogP contribution in [0.3, 0.4) is 0 Å². The zero-order chi connectivity index (χ0) is 19.6. The minimum atomic E-state index is -0.510. The Morgan fingerprint density at radius 1 is 1.26 bits per heavy atom. The first-order valence-corrected chi connectivity index (χ1v) is 10.6. The van der Waals surface area contributed by atoms with Crippen LogP contribution in [0.15, 0.2) is 17.2 Å². The molecule has 1 N–H and O–H groups in total. The molecule has 0 spiro atoms. The second-order valence-corrected chi connectivity index (χ2v) is 9.44. The zero-order valence-electron chi connectivity index (χ0n) is 18.0. The minimum Gasteiger partial charge on any atom is -0.385 e. The maximum atomic E-state index is 10.4. The number of nitrogens with zero attached hydrogens (tertiary/aromatic N) is 4. The Hall–Kier alpha value is -1.17. The highest BCUT2D eigenvalue weighted by Crippen LogP contribution is 2.41. The lowest BCUT2D eigenvalue weighted by molar-refractivity contribution is 0.133. The normalized spacial score (nSPS) is 22.0. The molecular weight excluding hydrogens is 336 g/mol. The van der Waals surface area contributed by atoms with Gasteiger partial charge in [0.2, 0.25) is 0 Å². The molecule has 2 aliphatic rings. The molecule has 1 aromatic rings. The number of fused-ring (bicyclic) bond motifs is 1. The van der Waals surface area contributed by atoms with E-state index in [1.54, 1.807) is 11.1 Å². The van der Waals surface area contributed by atoms with Gasteiger partial charge in [-0.05, 0) is 64.6 Å². The lowest BCUT2D eigenvalue weighted by atomic mass is 9.71. The van der Waals surface area contributed by atoms with E-state index in [0.29, 0.717) is 12.0 Å². The molecule has 5 nitrogen and oxygen atoms in total. The van der Waals surface area contributed by atoms with Crippen molar-refractivity contribution in [2.24, 2.45) is 5.41 Å². The lowest BCUT2D eigenvalue weighted by Crippen LogP contribution is -2.28. The standard InChI is InChI=1S/C22H38N4O/c1-17-8-6-10-22(2,3)19(17)9-13-25-11-7-12-26-18(15-25)14-20(23-26)21(27)16-24(4)5/h14,21,27H,6-13,15-16H2,1-5H3/t21-/m0/s1. The zero-order valence-corrected chi connectivity index (χ0v) is 18.0. The fourth-order valence-corrected chi connectivity index (χ4v) is 4.84. The lowest BCUT2D eigenvalue weighted by Gasteiger charge is -2.35. The third-order valence-corrected chi connectivity index (χ3v) is 6.36. The van der Waals surface area contributed by atoms with Crippen LogP contribution in [-0.4, -0.2) is 58.4 Å². The summed E-state index contributed by atoms with van der Waals surface area (Å²) < 4.78 is 2.11. The first-order valence-electron chi connectivity index (χ1n) is 10.6. The van der Waals surface area contributed by atoms with Crippen molar-refractivity contribution < 1.29 is 5.11 Å². The van der Waals surface area contributed by atoms with Crippen molar-refractivity contribution in [3.63, 3.8) is 0 Å². The topological polar surface area (TPSA) is 44.5 Å². The molecule has 2 heterocycles. The Labute approximate surface area is 165 Å². The number of hydrogen-bond donors (Lipinski definition) is 1. The molecule has 1 atom stereocenters. The molecular formula is C22H38N4O. The summed E-state index contributed by atoms with van der Waals surface area (Å²) >= 11 is 0. The van der Waals surface area contributed by atoms with Gasteiger partial charge in [0.25, 0.3) is 0 Å². The van der Waals surface area contributed by atoms with Crippen LogP contribution < -0.4 is 0 Å². The van der Waals surface area contributed by atoms with E-state index in [4.69, 9.17) is 0 Å². The number of aliphatic hydroxyl groups excluding tert-OH is 1. The third kappa shape index (κ3) is 5.01. The highest BCUT2D eigenvalue weighted by molar-refractivity contribution is 5.22. The number of aliphatic hydroxyl groups is 1. The molecule has 0 fully saturated rings. The highest BCUT2D eigenvalue weighted by atomic mass is 16.3. The molecule has 0 aromatic carbocycles. The fraction of sp³-hybridized carbons (Fsp3) is 0.773. The number of rotatable bonds is 6. The van der Waals surface area contributed by atoms with Crippen LogP contribution in [0.4, 0.5) is 0 Å². The monoisotopic (exact) mass is 374 g/mol. The van der Waals surface area contributed by atoms with Gasteiger partial charge in [-0.25, -0.2) is 0 Å². The Morgan fingerprint density at radius 2 is 2.04 bits per heavy atom. The van der Waals surface area contributed by atoms with E-state index in [2.05, 4.69) is 41.5 Å². The van der Waals surface area contributed by atoms with Gasteiger partial charge in [0, 0.05) is 32.7 Å². The van der Waals surface area contributed by atoms with Crippen LogP contribution >= 0.6 is 0 Å². The number of likely N-dealkylation sites (N-methyl/N-ethyl adjacent to an activating group) is 1. The number of hydrogen-bond acceptors (Lipinski definition) is 4. The van der Waals surface area contributed by atoms with Crippen LogP contribution in [0.2, 0.25) is 0 Å². The van der Waals surface area contributed by atoms with Gasteiger partial charge < -0.3 is 10.0 Å². The predicted molar refractivity (Wildman–Crippen MR) is 111 cm³/mol. The van der Waals surface area contributed by atoms with Crippen LogP contribution in [0, 0.1) is 5.41 Å². The summed E-state index contributed by atoms with van der Waals surface area (Å²) in [6, 6.07) is 2.11. The molecule has 1 aliphatic heterocycles. The van der Waals surface area contributed by atoms with Gasteiger partial charge >= 0.3 is 0 Å². The smallest absolute Gasteiger partial charge is 0.110 e. The molecule has 1 aliphatic carbocycles. The van der Waals surface area contributed by atoms with E-state index in [9.17, 15) is 5.11 Å². The van der Waals surface area contributed by atoms with Crippen molar-refractivity contribution in [1.82, 2.24) is 19.6 Å². The summed E-state index contributed by atoms with van der Waals surface area (Å²) in [5, 5.41) is 15.1. The molecule has 0 amide bonds. The van der Waals surface area contributed by atoms with E-state index in [1.165, 1.54) is 31.4 Å². The second kappa shape index (κ2) is 8.46. The van der Waals surface area contributed by atoms with Gasteiger partial charge in [-0.3, -0.25) is 9.58 Å². The summed E-state index contributed by atoms with van der Waals surface area (Å²) in [5.74, 6) is 0. The molecule has 152 valence electrons. The molecule has 0 saturated carbocycles. The van der Waals surface area contributed by atoms with Crippen LogP contribution in [0.5, 0.6) is 0 Å². The summed E-state index contributed by atoms with van der Waals surface area (Å²) in [6.07, 6.45) is 5.73. The summed E-state index contributed by atoms with van der Waals surface area (Å²) in [6.45, 7) is 11.9. The first-order chi connectivity index (χ1) is 12.8. The quantitative estimate of drug-likeness (QED) is 0.773. The summed E-state index contributed by atoms with van der Waals surface area (Å²) in [5.41, 5.74) is 5.73. The van der Waals surface area contributed by atoms with E-state index in [-0.39, 0.29) is 0 Å². The molecule has 1 aromatic heterocycles. The van der Waals surface area contributed by atoms with Crippen LogP contribution in [0.1, 0.15) is 70.4 Å². The van der Waals surface area contributed by atoms with Crippen molar-refractivity contribution >= 4 is 0 Å². The van der Waals surface area contributed by atoms with Crippen LogP contribution in [0.25, 0.3) is 0 Å². The van der Waals surface area contributed by atoms with E-state index in [1.807, 2.05) is 19.0 Å². The maximum Gasteiger partial charge on any atom is 0.110 e. The van der Waals surface area contributed by atoms with Crippen molar-refractivity contribution in [3.8, 4) is 0 Å². The minimum absolute atomic E-state index is 0.361. The van der Waals surface area contributed by atoms with Crippen molar-refractivity contribution in [1.29, 1.82) is 0 Å². The Kier molecular flexibility index (Phi) is 6.44. The average Bonchev–Trinajstić information content (AvgIpc) is 2.86. The molecule has 3 rings (SSSR count). The summed E-state index contributed by atoms with van der Waals surface area (Å²) in [7, 11) is 3.96. The largest absolute Gasteiger partial charge is 0.385 e. The first kappa shape index (κ1) is 20.6. The number of allylic oxidation sites excluding steroid dienone is 1. The highest BCUT2D eigenvalue weighted by Gasteiger charge is 2.28. The van der Waals surface area contributed by atoms with E-state index >= 15 is 0 Å². The fourth-order valence-electron chi connectivity index (χ4n) is 4.84. The molecule has 0 saturated heterocycles. The summed E-state index contributed by atoms with van der Waals surface area (Å²) in [4.78, 5) is 4.58. The van der Waals surface area contributed by atoms with Gasteiger partial charge in [-0.1, -0.05) is 25.0 Å². The van der Waals surface area contributed by atoms with Crippen molar-refractivity contribution in [2.45, 2.75) is 72.1 Å². The van der Waals surface area contributed by atoms with E-state index in [0.717, 1.165) is 38.3 Å². The SMILES string of the molecule is CC1=C(CCN2CCCn3nc([C@@H](O)CN(C)C)cc3C2)C(C)(C)CCC1. The third-order valence-electron chi connectivity index (χ3n) is 6.36. The van der Waals surface area contributed by atoms with Gasteiger partial charge in [-0.15, -0.1) is 0 Å². The number of aromatic nitrogens is 2. The van der Waals surface area contributed by atoms with Gasteiger partial charge in [0.15, 0.2) is 0 Å². The molecule has 0 unspecified atom stereocenters. The van der Waals surface area contributed by atoms with Gasteiger partial charge in [0.05, 0.1) is 11.4 Å². The molecule has 0 radical (unpaired) electrons. The molecule has 0 bridgehead atoms. The number of aryl methyl sites for hydroxylation is 1. The van der Waals surface area contributed by atoms with Crippen LogP contribution in [-0.2, 0) is 13.1 Å². The maximum absolute atomic E-state index is 10.4. The van der Waals surface area contributed by atoms with Gasteiger partial charge in [-0.2, -0.15) is 5.10 Å². The van der Waals surface area contributed by atoms with Gasteiger partial charge in [0.1, 0.15) is 6.10 Å². The van der Waals surface area contributed by atoms with E-state index < -0.39 is 6.10 Å². The second-order valence-electron chi connectivity index (χ2n) is 9.44. The Bertz CT molecular complexity index is 674. The van der Waals surface area contributed by atoms with Crippen molar-refractivity contribution in [2.75, 3.05) is 33.7 Å². The average molecular weight is 375 g/mol. The Balaban J connectivity index is 1.65. The molecule has 27 heavy (non-hydrogen) atoms. The van der Waals surface area contributed by atoms with Crippen molar-refractivity contribution in [3.05, 3.63) is 28.6 Å². The predicted octanol–water partition coefficient (Wildman–Crippen LogP) is 3.60.